The quantitative estimate of drug-likeness (QED) is 0.540. The first-order valence-electron chi connectivity index (χ1n) is 8.59. The van der Waals surface area contributed by atoms with Crippen LogP contribution in [0.15, 0.2) is 71.2 Å². The van der Waals surface area contributed by atoms with Crippen molar-refractivity contribution in [2.24, 2.45) is 0 Å². The number of hydrogen-bond acceptors (Lipinski definition) is 4. The number of ether oxygens (including phenoxy) is 3. The molecule has 0 saturated heterocycles. The molecule has 0 fully saturated rings. The Kier molecular flexibility index (Phi) is 6.55. The first-order valence-corrected chi connectivity index (χ1v) is 9.39. The van der Waals surface area contributed by atoms with Gasteiger partial charge in [-0.2, -0.15) is 0 Å². The van der Waals surface area contributed by atoms with E-state index in [1.165, 1.54) is 0 Å². The zero-order valence-electron chi connectivity index (χ0n) is 15.6. The second-order valence-corrected chi connectivity index (χ2v) is 6.89. The third-order valence-corrected chi connectivity index (χ3v) is 4.52. The van der Waals surface area contributed by atoms with Gasteiger partial charge in [0.1, 0.15) is 23.9 Å². The van der Waals surface area contributed by atoms with Crippen molar-refractivity contribution >= 4 is 27.5 Å². The van der Waals surface area contributed by atoms with E-state index in [4.69, 9.17) is 14.2 Å². The van der Waals surface area contributed by atoms with Crippen LogP contribution in [0, 0.1) is 0 Å². The molecule has 0 saturated carbocycles. The highest BCUT2D eigenvalue weighted by Gasteiger charge is 2.14. The number of para-hydroxylation sites is 1. The van der Waals surface area contributed by atoms with Crippen LogP contribution in [0.1, 0.15) is 15.9 Å². The van der Waals surface area contributed by atoms with Gasteiger partial charge in [-0.05, 0) is 29.8 Å². The van der Waals surface area contributed by atoms with Crippen LogP contribution >= 0.6 is 15.9 Å². The lowest BCUT2D eigenvalue weighted by molar-refractivity contribution is 0.102. The highest BCUT2D eigenvalue weighted by Crippen LogP contribution is 2.27. The van der Waals surface area contributed by atoms with E-state index in [0.29, 0.717) is 35.1 Å². The van der Waals surface area contributed by atoms with Crippen LogP contribution in [0.5, 0.6) is 17.2 Å². The number of rotatable bonds is 7. The van der Waals surface area contributed by atoms with E-state index in [9.17, 15) is 4.79 Å². The summed E-state index contributed by atoms with van der Waals surface area (Å²) in [5.41, 5.74) is 2.02. The zero-order chi connectivity index (χ0) is 19.9. The van der Waals surface area contributed by atoms with Crippen molar-refractivity contribution in [3.05, 3.63) is 82.3 Å². The normalized spacial score (nSPS) is 10.2. The van der Waals surface area contributed by atoms with Crippen molar-refractivity contribution in [1.29, 1.82) is 0 Å². The zero-order valence-corrected chi connectivity index (χ0v) is 17.2. The summed E-state index contributed by atoms with van der Waals surface area (Å²) >= 11 is 3.45. The highest BCUT2D eigenvalue weighted by atomic mass is 79.9. The molecule has 0 aromatic heterocycles. The minimum atomic E-state index is -0.278. The summed E-state index contributed by atoms with van der Waals surface area (Å²) in [7, 11) is 3.12. The van der Waals surface area contributed by atoms with Crippen LogP contribution in [0.3, 0.4) is 0 Å². The average Bonchev–Trinajstić information content (AvgIpc) is 2.72. The predicted molar refractivity (Wildman–Crippen MR) is 112 cm³/mol. The Balaban J connectivity index is 1.77. The Hall–Kier alpha value is -2.99. The van der Waals surface area contributed by atoms with Crippen LogP contribution in [0.4, 0.5) is 5.69 Å². The number of halogens is 1. The van der Waals surface area contributed by atoms with Crippen LogP contribution < -0.4 is 19.5 Å². The van der Waals surface area contributed by atoms with Crippen LogP contribution in [-0.2, 0) is 6.61 Å². The van der Waals surface area contributed by atoms with Gasteiger partial charge in [-0.1, -0.05) is 40.2 Å². The molecule has 0 unspecified atom stereocenters. The SMILES string of the molecule is COc1cc(NC(=O)c2ccccc2OCc2cccc(Br)c2)cc(OC)c1. The van der Waals surface area contributed by atoms with Crippen LogP contribution in [0.2, 0.25) is 0 Å². The maximum Gasteiger partial charge on any atom is 0.259 e. The maximum absolute atomic E-state index is 12.8. The molecule has 3 aromatic rings. The summed E-state index contributed by atoms with van der Waals surface area (Å²) in [5.74, 6) is 1.41. The van der Waals surface area contributed by atoms with Gasteiger partial charge in [0.2, 0.25) is 0 Å². The molecule has 3 rings (SSSR count). The molecular formula is C22H20BrNO4. The van der Waals surface area contributed by atoms with Gasteiger partial charge in [0.15, 0.2) is 0 Å². The Morgan fingerprint density at radius 2 is 1.64 bits per heavy atom. The molecule has 0 atom stereocenters. The van der Waals surface area contributed by atoms with Crippen molar-refractivity contribution in [2.45, 2.75) is 6.61 Å². The summed E-state index contributed by atoms with van der Waals surface area (Å²) in [5, 5.41) is 2.87. The average molecular weight is 442 g/mol. The molecule has 144 valence electrons. The number of nitrogens with one attached hydrogen (secondary N) is 1. The lowest BCUT2D eigenvalue weighted by Gasteiger charge is -2.13. The molecule has 0 heterocycles. The van der Waals surface area contributed by atoms with E-state index < -0.39 is 0 Å². The van der Waals surface area contributed by atoms with Crippen LogP contribution in [0.25, 0.3) is 0 Å². The second kappa shape index (κ2) is 9.28. The Morgan fingerprint density at radius 3 is 2.32 bits per heavy atom. The Morgan fingerprint density at radius 1 is 0.929 bits per heavy atom. The molecule has 0 bridgehead atoms. The maximum atomic E-state index is 12.8. The largest absolute Gasteiger partial charge is 0.497 e. The van der Waals surface area contributed by atoms with Gasteiger partial charge in [0, 0.05) is 28.4 Å². The molecule has 0 aliphatic carbocycles. The van der Waals surface area contributed by atoms with Gasteiger partial charge in [-0.25, -0.2) is 0 Å². The van der Waals surface area contributed by atoms with E-state index in [1.54, 1.807) is 50.6 Å². The standard InChI is InChI=1S/C22H20BrNO4/c1-26-18-11-17(12-19(13-18)27-2)24-22(25)20-8-3-4-9-21(20)28-14-15-6-5-7-16(23)10-15/h3-13H,14H2,1-2H3,(H,24,25). The minimum absolute atomic E-state index is 0.278. The molecule has 1 N–H and O–H groups in total. The van der Waals surface area contributed by atoms with Crippen molar-refractivity contribution < 1.29 is 19.0 Å². The molecular weight excluding hydrogens is 422 g/mol. The Bertz CT molecular complexity index is 952. The minimum Gasteiger partial charge on any atom is -0.497 e. The number of carbonyl (C=O) groups is 1. The smallest absolute Gasteiger partial charge is 0.259 e. The van der Waals surface area contributed by atoms with E-state index in [0.717, 1.165) is 10.0 Å². The summed E-state index contributed by atoms with van der Waals surface area (Å²) < 4.78 is 17.4. The molecule has 0 radical (unpaired) electrons. The van der Waals surface area contributed by atoms with Crippen LogP contribution in [-0.4, -0.2) is 20.1 Å². The first-order chi connectivity index (χ1) is 13.6. The number of hydrogen-bond donors (Lipinski definition) is 1. The number of carbonyl (C=O) groups excluding carboxylic acids is 1. The van der Waals surface area contributed by atoms with Crippen molar-refractivity contribution in [1.82, 2.24) is 0 Å². The van der Waals surface area contributed by atoms with Crippen molar-refractivity contribution in [3.8, 4) is 17.2 Å². The lowest BCUT2D eigenvalue weighted by Crippen LogP contribution is -2.14. The van der Waals surface area contributed by atoms with E-state index in [1.807, 2.05) is 30.3 Å². The third kappa shape index (κ3) is 5.04. The number of methoxy groups -OCH3 is 2. The predicted octanol–water partition coefficient (Wildman–Crippen LogP) is 5.30. The van der Waals surface area contributed by atoms with Gasteiger partial charge in [-0.3, -0.25) is 4.79 Å². The number of benzene rings is 3. The molecule has 0 aliphatic rings. The highest BCUT2D eigenvalue weighted by molar-refractivity contribution is 9.10. The molecule has 0 aliphatic heterocycles. The summed E-state index contributed by atoms with van der Waals surface area (Å²) in [6, 6.07) is 20.2. The van der Waals surface area contributed by atoms with Gasteiger partial charge < -0.3 is 19.5 Å². The Labute approximate surface area is 172 Å². The lowest BCUT2D eigenvalue weighted by atomic mass is 10.1. The van der Waals surface area contributed by atoms with Gasteiger partial charge in [-0.15, -0.1) is 0 Å². The van der Waals surface area contributed by atoms with Crippen molar-refractivity contribution in [3.63, 3.8) is 0 Å². The first kappa shape index (κ1) is 19.8. The summed E-state index contributed by atoms with van der Waals surface area (Å²) in [6.45, 7) is 0.358. The molecule has 1 amide bonds. The fraction of sp³-hybridized carbons (Fsp3) is 0.136. The molecule has 3 aromatic carbocycles. The van der Waals surface area contributed by atoms with Crippen molar-refractivity contribution in [2.75, 3.05) is 19.5 Å². The topological polar surface area (TPSA) is 56.8 Å². The molecule has 0 spiro atoms. The monoisotopic (exact) mass is 441 g/mol. The van der Waals surface area contributed by atoms with E-state index in [2.05, 4.69) is 21.2 Å². The van der Waals surface area contributed by atoms with E-state index in [-0.39, 0.29) is 5.91 Å². The third-order valence-electron chi connectivity index (χ3n) is 4.02. The summed E-state index contributed by atoms with van der Waals surface area (Å²) in [6.07, 6.45) is 0. The van der Waals surface area contributed by atoms with E-state index >= 15 is 0 Å². The molecule has 5 nitrogen and oxygen atoms in total. The second-order valence-electron chi connectivity index (χ2n) is 5.97. The fourth-order valence-corrected chi connectivity index (χ4v) is 3.09. The molecule has 6 heteroatoms. The van der Waals surface area contributed by atoms with Gasteiger partial charge >= 0.3 is 0 Å². The summed E-state index contributed by atoms with van der Waals surface area (Å²) in [4.78, 5) is 12.8. The fourth-order valence-electron chi connectivity index (χ4n) is 2.65. The van der Waals surface area contributed by atoms with Gasteiger partial charge in [0.05, 0.1) is 19.8 Å². The molecule has 28 heavy (non-hydrogen) atoms. The van der Waals surface area contributed by atoms with Gasteiger partial charge in [0.25, 0.3) is 5.91 Å². The number of amides is 1. The number of anilines is 1.